The second kappa shape index (κ2) is 16.8. The molecular formula is C38H55N17O. The molecule has 6 aromatic heterocycles. The highest BCUT2D eigenvalue weighted by molar-refractivity contribution is 5.89. The molecule has 0 unspecified atom stereocenters. The van der Waals surface area contributed by atoms with Crippen LogP contribution in [-0.4, -0.2) is 91.2 Å². The topological polar surface area (TPSA) is 250 Å². The predicted octanol–water partition coefficient (Wildman–Crippen LogP) is 4.24. The van der Waals surface area contributed by atoms with E-state index in [0.29, 0.717) is 60.2 Å². The van der Waals surface area contributed by atoms with E-state index in [0.717, 1.165) is 88.7 Å². The highest BCUT2D eigenvalue weighted by Crippen LogP contribution is 2.34. The zero-order valence-corrected chi connectivity index (χ0v) is 33.1. The molecule has 6 heterocycles. The number of hydrogen-bond donors (Lipinski definition) is 5. The van der Waals surface area contributed by atoms with Crippen LogP contribution in [0.4, 0.5) is 17.5 Å². The number of Topliss-reactive ketones (excluding diaryl/α,β-unsaturated/α-hetero) is 1. The first kappa shape index (κ1) is 38.9. The molecule has 0 bridgehead atoms. The summed E-state index contributed by atoms with van der Waals surface area (Å²) < 4.78 is 6.01. The molecule has 8 N–H and O–H groups in total. The standard InChI is InChI=1S/2C13H20N6.C12H15N5O/c2*1-8-11-12(14)16-7-17-13(11)19(18-8)10-5-3-9(15-2)4-6-10;1-7-10-11(13)14-6-15-12(10)17(16-7)8-2-4-9(18)5-3-8/h2*7,9-10,15H,3-6H2,1-2H3,(H2,14,16,17);6,8H,2-5H2,1H3,(H2,13,14,15). The van der Waals surface area contributed by atoms with Crippen molar-refractivity contribution in [2.75, 3.05) is 31.3 Å². The van der Waals surface area contributed by atoms with Crippen LogP contribution in [0.1, 0.15) is 112 Å². The summed E-state index contributed by atoms with van der Waals surface area (Å²) in [7, 11) is 4.07. The number of carbonyl (C=O) groups excluding carboxylic acids is 1. The number of nitrogens with zero attached hydrogens (tertiary/aromatic N) is 12. The number of ketones is 1. The molecule has 0 aliphatic heterocycles. The molecule has 0 saturated heterocycles. The minimum absolute atomic E-state index is 0.244. The van der Waals surface area contributed by atoms with Gasteiger partial charge in [-0.3, -0.25) is 4.79 Å². The molecule has 18 heteroatoms. The molecule has 6 aromatic rings. The van der Waals surface area contributed by atoms with Gasteiger partial charge in [0, 0.05) is 24.9 Å². The quantitative estimate of drug-likeness (QED) is 0.165. The fourth-order valence-corrected chi connectivity index (χ4v) is 8.66. The Labute approximate surface area is 325 Å². The lowest BCUT2D eigenvalue weighted by Crippen LogP contribution is -2.31. The van der Waals surface area contributed by atoms with Crippen LogP contribution >= 0.6 is 0 Å². The van der Waals surface area contributed by atoms with E-state index in [4.69, 9.17) is 17.2 Å². The normalized spacial score (nSPS) is 21.8. The third kappa shape index (κ3) is 7.84. The number of anilines is 3. The van der Waals surface area contributed by atoms with Gasteiger partial charge in [-0.05, 0) is 99.1 Å². The molecule has 0 radical (unpaired) electrons. The highest BCUT2D eigenvalue weighted by atomic mass is 16.1. The van der Waals surface area contributed by atoms with Gasteiger partial charge < -0.3 is 27.8 Å². The van der Waals surface area contributed by atoms with Gasteiger partial charge in [0.15, 0.2) is 16.9 Å². The second-order valence-corrected chi connectivity index (χ2v) is 15.3. The molecule has 3 aliphatic rings. The van der Waals surface area contributed by atoms with Gasteiger partial charge in [-0.15, -0.1) is 0 Å². The molecule has 56 heavy (non-hydrogen) atoms. The Hall–Kier alpha value is -5.36. The Morgan fingerprint density at radius 3 is 1.11 bits per heavy atom. The average Bonchev–Trinajstić information content (AvgIpc) is 3.87. The number of rotatable bonds is 5. The Bertz CT molecular complexity index is 2180. The molecule has 0 aromatic carbocycles. The number of nitrogen functional groups attached to an aromatic ring is 3. The smallest absolute Gasteiger partial charge is 0.163 e. The maximum atomic E-state index is 11.3. The van der Waals surface area contributed by atoms with Crippen LogP contribution in [0, 0.1) is 20.8 Å². The summed E-state index contributed by atoms with van der Waals surface area (Å²) >= 11 is 0. The lowest BCUT2D eigenvalue weighted by molar-refractivity contribution is -0.120. The first-order valence-corrected chi connectivity index (χ1v) is 19.8. The minimum atomic E-state index is 0.244. The van der Waals surface area contributed by atoms with Crippen molar-refractivity contribution in [3.05, 3.63) is 36.1 Å². The molecule has 0 spiro atoms. The van der Waals surface area contributed by atoms with Crippen molar-refractivity contribution in [2.24, 2.45) is 0 Å². The van der Waals surface area contributed by atoms with Gasteiger partial charge >= 0.3 is 0 Å². The minimum Gasteiger partial charge on any atom is -0.383 e. The van der Waals surface area contributed by atoms with Crippen molar-refractivity contribution in [2.45, 2.75) is 128 Å². The molecule has 18 nitrogen and oxygen atoms in total. The molecule has 9 rings (SSSR count). The van der Waals surface area contributed by atoms with Gasteiger partial charge in [0.1, 0.15) is 42.2 Å². The lowest BCUT2D eigenvalue weighted by atomic mass is 9.91. The number of nitrogens with two attached hydrogens (primary N) is 3. The molecule has 0 atom stereocenters. The Morgan fingerprint density at radius 1 is 0.500 bits per heavy atom. The van der Waals surface area contributed by atoms with Crippen LogP contribution in [0.15, 0.2) is 19.0 Å². The van der Waals surface area contributed by atoms with Gasteiger partial charge in [-0.1, -0.05) is 0 Å². The number of carbonyl (C=O) groups is 1. The highest BCUT2D eigenvalue weighted by Gasteiger charge is 2.27. The summed E-state index contributed by atoms with van der Waals surface area (Å²) in [6, 6.07) is 2.37. The Morgan fingerprint density at radius 2 is 0.804 bits per heavy atom. The number of aromatic nitrogens is 12. The second-order valence-electron chi connectivity index (χ2n) is 15.3. The SMILES string of the molecule is CNC1CCC(n2nc(C)c3c(N)ncnc32)CC1.CNC1CCC(n2nc(C)c3c(N)ncnc32)CC1.Cc1nn(C2CCC(=O)CC2)c2ncnc(N)c12. The van der Waals surface area contributed by atoms with Gasteiger partial charge in [0.05, 0.1) is 51.4 Å². The molecule has 3 saturated carbocycles. The van der Waals surface area contributed by atoms with Crippen molar-refractivity contribution < 1.29 is 4.79 Å². The van der Waals surface area contributed by atoms with Crippen molar-refractivity contribution in [1.82, 2.24) is 69.9 Å². The first-order valence-electron chi connectivity index (χ1n) is 19.8. The predicted molar refractivity (Wildman–Crippen MR) is 217 cm³/mol. The molecule has 0 amide bonds. The summed E-state index contributed by atoms with van der Waals surface area (Å²) in [6.45, 7) is 5.85. The number of fused-ring (bicyclic) bond motifs is 3. The average molecular weight is 766 g/mol. The fraction of sp³-hybridized carbons (Fsp3) is 0.579. The molecule has 3 fully saturated rings. The van der Waals surface area contributed by atoms with Gasteiger partial charge in [0.25, 0.3) is 0 Å². The van der Waals surface area contributed by atoms with Crippen LogP contribution in [0.3, 0.4) is 0 Å². The largest absolute Gasteiger partial charge is 0.383 e. The van der Waals surface area contributed by atoms with E-state index in [1.807, 2.05) is 39.5 Å². The summed E-state index contributed by atoms with van der Waals surface area (Å²) in [5.41, 5.74) is 22.9. The monoisotopic (exact) mass is 765 g/mol. The van der Waals surface area contributed by atoms with Crippen molar-refractivity contribution in [3.8, 4) is 0 Å². The van der Waals surface area contributed by atoms with Gasteiger partial charge in [-0.25, -0.2) is 43.9 Å². The van der Waals surface area contributed by atoms with E-state index in [2.05, 4.69) is 65.2 Å². The molecule has 3 aliphatic carbocycles. The summed E-state index contributed by atoms with van der Waals surface area (Å²) in [4.78, 5) is 36.4. The number of aryl methyl sites for hydroxylation is 3. The number of nitrogens with one attached hydrogen (secondary N) is 2. The van der Waals surface area contributed by atoms with Crippen LogP contribution in [0.2, 0.25) is 0 Å². The van der Waals surface area contributed by atoms with Crippen LogP contribution < -0.4 is 27.8 Å². The van der Waals surface area contributed by atoms with Crippen LogP contribution in [0.25, 0.3) is 33.1 Å². The maximum absolute atomic E-state index is 11.3. The van der Waals surface area contributed by atoms with Gasteiger partial charge in [-0.2, -0.15) is 15.3 Å². The van der Waals surface area contributed by atoms with Crippen LogP contribution in [-0.2, 0) is 4.79 Å². The summed E-state index contributed by atoms with van der Waals surface area (Å²) in [5.74, 6) is 1.86. The zero-order valence-electron chi connectivity index (χ0n) is 33.1. The summed E-state index contributed by atoms with van der Waals surface area (Å²) in [6.07, 6.45) is 16.7. The van der Waals surface area contributed by atoms with E-state index >= 15 is 0 Å². The lowest BCUT2D eigenvalue weighted by Gasteiger charge is -2.28. The van der Waals surface area contributed by atoms with E-state index in [1.54, 1.807) is 0 Å². The van der Waals surface area contributed by atoms with Crippen molar-refractivity contribution in [1.29, 1.82) is 0 Å². The van der Waals surface area contributed by atoms with E-state index in [1.165, 1.54) is 44.7 Å². The molecular weight excluding hydrogens is 711 g/mol. The molecule has 298 valence electrons. The van der Waals surface area contributed by atoms with Crippen molar-refractivity contribution in [3.63, 3.8) is 0 Å². The number of hydrogen-bond acceptors (Lipinski definition) is 15. The van der Waals surface area contributed by atoms with Crippen molar-refractivity contribution >= 4 is 56.3 Å². The third-order valence-electron chi connectivity index (χ3n) is 11.8. The fourth-order valence-electron chi connectivity index (χ4n) is 8.66. The van der Waals surface area contributed by atoms with E-state index < -0.39 is 0 Å². The maximum Gasteiger partial charge on any atom is 0.163 e. The first-order chi connectivity index (χ1) is 27.1. The Kier molecular flexibility index (Phi) is 11.7. The van der Waals surface area contributed by atoms with Gasteiger partial charge in [0.2, 0.25) is 0 Å². The third-order valence-corrected chi connectivity index (χ3v) is 11.8. The van der Waals surface area contributed by atoms with E-state index in [9.17, 15) is 4.79 Å². The summed E-state index contributed by atoms with van der Waals surface area (Å²) in [5, 5.41) is 23.1. The van der Waals surface area contributed by atoms with E-state index in [-0.39, 0.29) is 6.04 Å². The zero-order chi connectivity index (χ0) is 39.5. The van der Waals surface area contributed by atoms with Crippen LogP contribution in [0.5, 0.6) is 0 Å². The Balaban J connectivity index is 0.000000129.